The summed E-state index contributed by atoms with van der Waals surface area (Å²) >= 11 is 0. The lowest BCUT2D eigenvalue weighted by Crippen LogP contribution is -2.51. The van der Waals surface area contributed by atoms with Crippen molar-refractivity contribution in [2.75, 3.05) is 47.1 Å². The van der Waals surface area contributed by atoms with Crippen LogP contribution in [0.4, 0.5) is 0 Å². The molecule has 3 amide bonds. The molecule has 1 N–H and O–H groups in total. The fourth-order valence-electron chi connectivity index (χ4n) is 4.72. The molecule has 196 valence electrons. The van der Waals surface area contributed by atoms with Crippen molar-refractivity contribution >= 4 is 17.7 Å². The predicted octanol–water partition coefficient (Wildman–Crippen LogP) is 0.643. The van der Waals surface area contributed by atoms with E-state index < -0.39 is 24.2 Å². The zero-order valence-electron chi connectivity index (χ0n) is 21.1. The normalized spacial score (nSPS) is 21.3. The number of rotatable bonds is 8. The van der Waals surface area contributed by atoms with Crippen LogP contribution in [0, 0.1) is 0 Å². The Balaban J connectivity index is 1.10. The maximum atomic E-state index is 13.0. The van der Waals surface area contributed by atoms with E-state index in [1.54, 1.807) is 19.0 Å². The van der Waals surface area contributed by atoms with E-state index in [0.29, 0.717) is 19.5 Å². The smallest absolute Gasteiger partial charge is 0.255 e. The molecule has 0 radical (unpaired) electrons. The molecular formula is C27H32N4O6. The van der Waals surface area contributed by atoms with Crippen LogP contribution < -0.4 is 14.8 Å². The number of piperazine rings is 1. The number of carbonyl (C=O) groups excluding carboxylic acids is 3. The lowest BCUT2D eigenvalue weighted by molar-refractivity contribution is -0.135. The first-order chi connectivity index (χ1) is 17.9. The van der Waals surface area contributed by atoms with Crippen molar-refractivity contribution in [2.45, 2.75) is 31.2 Å². The van der Waals surface area contributed by atoms with Crippen molar-refractivity contribution in [2.24, 2.45) is 0 Å². The molecular weight excluding hydrogens is 476 g/mol. The standard InChI is InChI=1S/C27H32N4O6/c1-29(2)26(33)20(14-18-6-4-3-5-7-18)28-25(32)23-24(37-23)27(34)31-12-10-30(11-13-31)16-19-8-9-21-22(15-19)36-17-35-21/h3-9,15,20,23-24H,10-14,16-17H2,1-2H3,(H,28,32)/t20-,23-,24-/m0/s1. The first kappa shape index (κ1) is 25.0. The number of carbonyl (C=O) groups is 3. The molecule has 3 atom stereocenters. The number of hydrogen-bond donors (Lipinski definition) is 1. The second kappa shape index (κ2) is 10.8. The second-order valence-corrected chi connectivity index (χ2v) is 9.75. The van der Waals surface area contributed by atoms with Gasteiger partial charge in [-0.25, -0.2) is 0 Å². The molecule has 3 aliphatic rings. The number of amides is 3. The Morgan fingerprint density at radius 2 is 1.68 bits per heavy atom. The van der Waals surface area contributed by atoms with Crippen LogP contribution in [0.25, 0.3) is 0 Å². The van der Waals surface area contributed by atoms with Gasteiger partial charge in [0.1, 0.15) is 6.04 Å². The van der Waals surface area contributed by atoms with Crippen LogP contribution in [-0.4, -0.2) is 97.7 Å². The Bertz CT molecular complexity index is 1150. The minimum absolute atomic E-state index is 0.179. The van der Waals surface area contributed by atoms with Crippen molar-refractivity contribution in [1.82, 2.24) is 20.0 Å². The van der Waals surface area contributed by atoms with E-state index >= 15 is 0 Å². The summed E-state index contributed by atoms with van der Waals surface area (Å²) in [7, 11) is 3.30. The summed E-state index contributed by atoms with van der Waals surface area (Å²) in [4.78, 5) is 44.0. The van der Waals surface area contributed by atoms with Crippen LogP contribution in [0.3, 0.4) is 0 Å². The van der Waals surface area contributed by atoms with Crippen molar-refractivity contribution < 1.29 is 28.6 Å². The highest BCUT2D eigenvalue weighted by atomic mass is 16.7. The molecule has 0 spiro atoms. The van der Waals surface area contributed by atoms with Crippen LogP contribution in [0.5, 0.6) is 11.5 Å². The van der Waals surface area contributed by atoms with Gasteiger partial charge in [0.15, 0.2) is 23.7 Å². The average Bonchev–Trinajstić information content (AvgIpc) is 3.58. The maximum absolute atomic E-state index is 13.0. The maximum Gasteiger partial charge on any atom is 0.255 e. The van der Waals surface area contributed by atoms with Gasteiger partial charge < -0.3 is 29.3 Å². The van der Waals surface area contributed by atoms with Gasteiger partial charge in [0, 0.05) is 53.2 Å². The van der Waals surface area contributed by atoms with Crippen molar-refractivity contribution in [3.05, 3.63) is 59.7 Å². The first-order valence-corrected chi connectivity index (χ1v) is 12.5. The Morgan fingerprint density at radius 3 is 2.41 bits per heavy atom. The third-order valence-corrected chi connectivity index (χ3v) is 6.86. The Morgan fingerprint density at radius 1 is 0.946 bits per heavy atom. The Labute approximate surface area is 216 Å². The molecule has 2 aromatic carbocycles. The van der Waals surface area contributed by atoms with Crippen molar-refractivity contribution in [3.63, 3.8) is 0 Å². The van der Waals surface area contributed by atoms with E-state index in [2.05, 4.69) is 10.2 Å². The second-order valence-electron chi connectivity index (χ2n) is 9.75. The lowest BCUT2D eigenvalue weighted by atomic mass is 10.0. The zero-order valence-corrected chi connectivity index (χ0v) is 21.1. The van der Waals surface area contributed by atoms with Gasteiger partial charge in [0.2, 0.25) is 12.7 Å². The number of hydrogen-bond acceptors (Lipinski definition) is 7. The highest BCUT2D eigenvalue weighted by Crippen LogP contribution is 2.33. The fraction of sp³-hybridized carbons (Fsp3) is 0.444. The molecule has 3 aliphatic heterocycles. The third-order valence-electron chi connectivity index (χ3n) is 6.86. The SMILES string of the molecule is CN(C)C(=O)[C@H](Cc1ccccc1)NC(=O)[C@H]1O[C@@H]1C(=O)N1CCN(Cc2ccc3c(c2)OCO3)CC1. The van der Waals surface area contributed by atoms with E-state index in [0.717, 1.165) is 42.3 Å². The molecule has 0 unspecified atom stereocenters. The topological polar surface area (TPSA) is 104 Å². The van der Waals surface area contributed by atoms with Gasteiger partial charge in [-0.05, 0) is 23.3 Å². The molecule has 10 heteroatoms. The average molecular weight is 509 g/mol. The lowest BCUT2D eigenvalue weighted by Gasteiger charge is -2.34. The number of likely N-dealkylation sites (N-methyl/N-ethyl adjacent to an activating group) is 1. The molecule has 10 nitrogen and oxygen atoms in total. The predicted molar refractivity (Wildman–Crippen MR) is 134 cm³/mol. The largest absolute Gasteiger partial charge is 0.454 e. The van der Waals surface area contributed by atoms with Crippen molar-refractivity contribution in [3.8, 4) is 11.5 Å². The summed E-state index contributed by atoms with van der Waals surface area (Å²) in [6, 6.07) is 14.7. The molecule has 2 fully saturated rings. The summed E-state index contributed by atoms with van der Waals surface area (Å²) in [5, 5.41) is 2.80. The number of epoxide rings is 1. The molecule has 0 bridgehead atoms. The minimum Gasteiger partial charge on any atom is -0.454 e. The van der Waals surface area contributed by atoms with E-state index in [4.69, 9.17) is 14.2 Å². The van der Waals surface area contributed by atoms with Gasteiger partial charge >= 0.3 is 0 Å². The molecule has 37 heavy (non-hydrogen) atoms. The first-order valence-electron chi connectivity index (χ1n) is 12.5. The highest BCUT2D eigenvalue weighted by molar-refractivity contribution is 5.97. The van der Waals surface area contributed by atoms with Gasteiger partial charge in [0.25, 0.3) is 11.8 Å². The van der Waals surface area contributed by atoms with Crippen LogP contribution >= 0.6 is 0 Å². The van der Waals surface area contributed by atoms with Gasteiger partial charge in [0.05, 0.1) is 0 Å². The number of benzene rings is 2. The summed E-state index contributed by atoms with van der Waals surface area (Å²) in [6.07, 6.45) is -1.31. The van der Waals surface area contributed by atoms with E-state index in [1.807, 2.05) is 48.5 Å². The van der Waals surface area contributed by atoms with Crippen LogP contribution in [0.2, 0.25) is 0 Å². The number of nitrogens with zero attached hydrogens (tertiary/aromatic N) is 3. The fourth-order valence-corrected chi connectivity index (χ4v) is 4.72. The molecule has 2 aromatic rings. The molecule has 0 saturated carbocycles. The van der Waals surface area contributed by atoms with Gasteiger partial charge in [-0.3, -0.25) is 19.3 Å². The summed E-state index contributed by atoms with van der Waals surface area (Å²) in [6.45, 7) is 3.58. The quantitative estimate of drug-likeness (QED) is 0.522. The summed E-state index contributed by atoms with van der Waals surface area (Å²) in [5.41, 5.74) is 2.06. The molecule has 0 aliphatic carbocycles. The van der Waals surface area contributed by atoms with E-state index in [1.165, 1.54) is 4.90 Å². The van der Waals surface area contributed by atoms with Crippen molar-refractivity contribution in [1.29, 1.82) is 0 Å². The Kier molecular flexibility index (Phi) is 7.29. The van der Waals surface area contributed by atoms with E-state index in [-0.39, 0.29) is 18.6 Å². The molecule has 5 rings (SSSR count). The van der Waals surface area contributed by atoms with Crippen LogP contribution in [0.15, 0.2) is 48.5 Å². The summed E-state index contributed by atoms with van der Waals surface area (Å²) in [5.74, 6) is 0.705. The third kappa shape index (κ3) is 5.86. The number of nitrogens with one attached hydrogen (secondary N) is 1. The van der Waals surface area contributed by atoms with Gasteiger partial charge in [-0.2, -0.15) is 0 Å². The number of ether oxygens (including phenoxy) is 3. The molecule has 2 saturated heterocycles. The zero-order chi connectivity index (χ0) is 25.9. The van der Waals surface area contributed by atoms with E-state index in [9.17, 15) is 14.4 Å². The summed E-state index contributed by atoms with van der Waals surface area (Å²) < 4.78 is 16.3. The molecule has 3 heterocycles. The van der Waals surface area contributed by atoms with Crippen LogP contribution in [-0.2, 0) is 32.1 Å². The van der Waals surface area contributed by atoms with Crippen LogP contribution in [0.1, 0.15) is 11.1 Å². The van der Waals surface area contributed by atoms with Gasteiger partial charge in [-0.15, -0.1) is 0 Å². The monoisotopic (exact) mass is 508 g/mol. The Hall–Kier alpha value is -3.63. The number of fused-ring (bicyclic) bond motifs is 1. The van der Waals surface area contributed by atoms with Gasteiger partial charge in [-0.1, -0.05) is 36.4 Å². The minimum atomic E-state index is -0.868. The molecule has 0 aromatic heterocycles. The highest BCUT2D eigenvalue weighted by Gasteiger charge is 2.52.